The molecule has 1 N–H and O–H groups in total. The number of aryl methyl sites for hydroxylation is 1. The van der Waals surface area contributed by atoms with E-state index in [1.165, 1.54) is 30.2 Å². The summed E-state index contributed by atoms with van der Waals surface area (Å²) in [5.74, 6) is -0.196. The molecule has 0 radical (unpaired) electrons. The van der Waals surface area contributed by atoms with Gasteiger partial charge >= 0.3 is 0 Å². The maximum atomic E-state index is 12.7. The summed E-state index contributed by atoms with van der Waals surface area (Å²) in [6.45, 7) is 6.43. The lowest BCUT2D eigenvalue weighted by Crippen LogP contribution is -2.39. The fraction of sp³-hybridized carbons (Fsp3) is 0.409. The van der Waals surface area contributed by atoms with Gasteiger partial charge in [0.25, 0.3) is 5.69 Å². The molecule has 2 rings (SSSR count). The third kappa shape index (κ3) is 7.02. The number of carbonyl (C=O) groups excluding carboxylic acids is 2. The number of hydrogen-bond donors (Lipinski definition) is 1. The Morgan fingerprint density at radius 3 is 2.47 bits per heavy atom. The molecule has 0 saturated heterocycles. The van der Waals surface area contributed by atoms with Crippen LogP contribution in [0.3, 0.4) is 0 Å². The topological polar surface area (TPSA) is 120 Å². The second kappa shape index (κ2) is 10.7. The molecule has 10 nitrogen and oxygen atoms in total. The third-order valence-electron chi connectivity index (χ3n) is 4.65. The largest absolute Gasteiger partial charge is 0.383 e. The molecule has 0 aliphatic carbocycles. The monoisotopic (exact) mass is 443 g/mol. The lowest BCUT2D eigenvalue weighted by molar-refractivity contribution is -0.384. The van der Waals surface area contributed by atoms with Gasteiger partial charge in [-0.2, -0.15) is 5.10 Å². The van der Waals surface area contributed by atoms with E-state index in [1.807, 2.05) is 26.8 Å². The van der Waals surface area contributed by atoms with Crippen LogP contribution >= 0.6 is 0 Å². The van der Waals surface area contributed by atoms with E-state index >= 15 is 0 Å². The number of nitro groups is 1. The number of benzene rings is 1. The zero-order chi connectivity index (χ0) is 23.9. The Bertz CT molecular complexity index is 989. The van der Waals surface area contributed by atoms with Gasteiger partial charge in [-0.3, -0.25) is 24.4 Å². The highest BCUT2D eigenvalue weighted by Crippen LogP contribution is 2.23. The highest BCUT2D eigenvalue weighted by atomic mass is 16.6. The highest BCUT2D eigenvalue weighted by molar-refractivity contribution is 5.97. The van der Waals surface area contributed by atoms with Crippen molar-refractivity contribution in [3.8, 4) is 0 Å². The van der Waals surface area contributed by atoms with Gasteiger partial charge < -0.3 is 15.0 Å². The molecule has 172 valence electrons. The zero-order valence-corrected chi connectivity index (χ0v) is 19.0. The van der Waals surface area contributed by atoms with Crippen LogP contribution in [0.2, 0.25) is 0 Å². The van der Waals surface area contributed by atoms with Gasteiger partial charge in [-0.05, 0) is 23.8 Å². The van der Waals surface area contributed by atoms with Crippen LogP contribution in [0.15, 0.2) is 36.4 Å². The molecule has 0 unspecified atom stereocenters. The number of amides is 2. The minimum atomic E-state index is -0.490. The maximum Gasteiger partial charge on any atom is 0.269 e. The molecule has 0 fully saturated rings. The van der Waals surface area contributed by atoms with Crippen molar-refractivity contribution in [2.24, 2.45) is 7.05 Å². The first-order valence-electron chi connectivity index (χ1n) is 10.1. The Morgan fingerprint density at radius 2 is 1.94 bits per heavy atom. The number of carbonyl (C=O) groups is 2. The highest BCUT2D eigenvalue weighted by Gasteiger charge is 2.21. The number of aromatic nitrogens is 2. The summed E-state index contributed by atoms with van der Waals surface area (Å²) < 4.78 is 6.64. The quantitative estimate of drug-likeness (QED) is 0.362. The molecule has 2 aromatic rings. The summed E-state index contributed by atoms with van der Waals surface area (Å²) in [4.78, 5) is 36.9. The second-order valence-corrected chi connectivity index (χ2v) is 8.27. The van der Waals surface area contributed by atoms with E-state index in [9.17, 15) is 19.7 Å². The first-order valence-corrected chi connectivity index (χ1v) is 10.1. The standard InChI is InChI=1S/C22H29N5O5/c1-22(2,3)18-14-19(25(4)24-18)23-20(28)15-26(12-13-32-5)21(29)11-8-16-6-9-17(10-7-16)27(30)31/h6-11,14H,12-13,15H2,1-5H3,(H,23,28)/b11-8+. The summed E-state index contributed by atoms with van der Waals surface area (Å²) in [6, 6.07) is 7.63. The van der Waals surface area contributed by atoms with E-state index < -0.39 is 4.92 Å². The Balaban J connectivity index is 2.06. The Hall–Kier alpha value is -3.53. The van der Waals surface area contributed by atoms with E-state index in [0.717, 1.165) is 5.69 Å². The summed E-state index contributed by atoms with van der Waals surface area (Å²) >= 11 is 0. The number of nitrogens with zero attached hydrogens (tertiary/aromatic N) is 4. The first-order chi connectivity index (χ1) is 15.0. The van der Waals surface area contributed by atoms with Crippen LogP contribution < -0.4 is 5.32 Å². The molecule has 1 aromatic heterocycles. The van der Waals surface area contributed by atoms with Crippen LogP contribution in [0, 0.1) is 10.1 Å². The lowest BCUT2D eigenvalue weighted by Gasteiger charge is -2.20. The van der Waals surface area contributed by atoms with Crippen LogP contribution in [0.1, 0.15) is 32.0 Å². The molecule has 2 amide bonds. The molecular formula is C22H29N5O5. The first kappa shape index (κ1) is 24.7. The van der Waals surface area contributed by atoms with Gasteiger partial charge in [0.05, 0.1) is 17.2 Å². The molecule has 32 heavy (non-hydrogen) atoms. The molecular weight excluding hydrogens is 414 g/mol. The van der Waals surface area contributed by atoms with Crippen LogP contribution in [0.4, 0.5) is 11.5 Å². The fourth-order valence-corrected chi connectivity index (χ4v) is 2.76. The molecule has 10 heteroatoms. The number of methoxy groups -OCH3 is 1. The minimum Gasteiger partial charge on any atom is -0.383 e. The molecule has 0 atom stereocenters. The van der Waals surface area contributed by atoms with Crippen molar-refractivity contribution in [2.45, 2.75) is 26.2 Å². The van der Waals surface area contributed by atoms with E-state index in [2.05, 4.69) is 10.4 Å². The predicted octanol–water partition coefficient (Wildman–Crippen LogP) is 2.75. The van der Waals surface area contributed by atoms with Gasteiger partial charge in [0.1, 0.15) is 12.4 Å². The number of nitro benzene ring substituents is 1. The smallest absolute Gasteiger partial charge is 0.269 e. The normalized spacial score (nSPS) is 11.5. The number of ether oxygens (including phenoxy) is 1. The van der Waals surface area contributed by atoms with Gasteiger partial charge in [0, 0.05) is 50.4 Å². The van der Waals surface area contributed by atoms with Crippen molar-refractivity contribution < 1.29 is 19.2 Å². The van der Waals surface area contributed by atoms with Crippen molar-refractivity contribution in [1.29, 1.82) is 0 Å². The minimum absolute atomic E-state index is 0.0309. The average molecular weight is 444 g/mol. The molecule has 0 aliphatic rings. The third-order valence-corrected chi connectivity index (χ3v) is 4.65. The molecule has 1 aromatic carbocycles. The van der Waals surface area contributed by atoms with Gasteiger partial charge in [-0.15, -0.1) is 0 Å². The van der Waals surface area contributed by atoms with Gasteiger partial charge in [-0.1, -0.05) is 20.8 Å². The Labute approximate surface area is 187 Å². The van der Waals surface area contributed by atoms with Crippen LogP contribution in [0.25, 0.3) is 6.08 Å². The van der Waals surface area contributed by atoms with Crippen LogP contribution in [0.5, 0.6) is 0 Å². The lowest BCUT2D eigenvalue weighted by atomic mass is 9.92. The predicted molar refractivity (Wildman–Crippen MR) is 121 cm³/mol. The number of rotatable bonds is 9. The fourth-order valence-electron chi connectivity index (χ4n) is 2.76. The summed E-state index contributed by atoms with van der Waals surface area (Å²) in [7, 11) is 3.25. The number of nitrogens with one attached hydrogen (secondary N) is 1. The molecule has 0 spiro atoms. The molecule has 1 heterocycles. The summed E-state index contributed by atoms with van der Waals surface area (Å²) in [6.07, 6.45) is 2.87. The van der Waals surface area contributed by atoms with E-state index in [-0.39, 0.29) is 42.6 Å². The van der Waals surface area contributed by atoms with Crippen molar-refractivity contribution in [1.82, 2.24) is 14.7 Å². The van der Waals surface area contributed by atoms with E-state index in [4.69, 9.17) is 4.74 Å². The maximum absolute atomic E-state index is 12.7. The van der Waals surface area contributed by atoms with Crippen LogP contribution in [-0.2, 0) is 26.8 Å². The number of non-ortho nitro benzene ring substituents is 1. The molecule has 0 aliphatic heterocycles. The Morgan fingerprint density at radius 1 is 1.28 bits per heavy atom. The van der Waals surface area contributed by atoms with Gasteiger partial charge in [-0.25, -0.2) is 0 Å². The van der Waals surface area contributed by atoms with Crippen molar-refractivity contribution in [3.05, 3.63) is 57.8 Å². The van der Waals surface area contributed by atoms with Crippen molar-refractivity contribution in [3.63, 3.8) is 0 Å². The molecule has 0 bridgehead atoms. The Kier molecular flexibility index (Phi) is 8.25. The van der Waals surface area contributed by atoms with E-state index in [0.29, 0.717) is 11.4 Å². The second-order valence-electron chi connectivity index (χ2n) is 8.27. The average Bonchev–Trinajstić information content (AvgIpc) is 3.10. The summed E-state index contributed by atoms with van der Waals surface area (Å²) in [5, 5.41) is 18.0. The van der Waals surface area contributed by atoms with Crippen LogP contribution in [-0.4, -0.2) is 58.2 Å². The number of hydrogen-bond acceptors (Lipinski definition) is 6. The van der Waals surface area contributed by atoms with Crippen molar-refractivity contribution in [2.75, 3.05) is 32.1 Å². The summed E-state index contributed by atoms with van der Waals surface area (Å²) in [5.41, 5.74) is 1.28. The molecule has 0 saturated carbocycles. The zero-order valence-electron chi connectivity index (χ0n) is 19.0. The van der Waals surface area contributed by atoms with Gasteiger partial charge in [0.2, 0.25) is 11.8 Å². The van der Waals surface area contributed by atoms with Crippen molar-refractivity contribution >= 4 is 29.4 Å². The SMILES string of the molecule is COCCN(CC(=O)Nc1cc(C(C)(C)C)nn1C)C(=O)/C=C/c1ccc([N+](=O)[O-])cc1. The number of anilines is 1. The van der Waals surface area contributed by atoms with Gasteiger partial charge in [0.15, 0.2) is 0 Å². The van der Waals surface area contributed by atoms with E-state index in [1.54, 1.807) is 29.9 Å².